The fourth-order valence-corrected chi connectivity index (χ4v) is 3.29. The third kappa shape index (κ3) is 5.19. The van der Waals surface area contributed by atoms with E-state index in [0.717, 1.165) is 16.7 Å². The predicted molar refractivity (Wildman–Crippen MR) is 108 cm³/mol. The third-order valence-corrected chi connectivity index (χ3v) is 5.11. The average Bonchev–Trinajstić information content (AvgIpc) is 2.95. The number of thiocarbonyl (C=S) groups is 1. The Labute approximate surface area is 162 Å². The van der Waals surface area contributed by atoms with Crippen LogP contribution in [0.4, 0.5) is 0 Å². The molecule has 0 bridgehead atoms. The quantitative estimate of drug-likeness (QED) is 0.452. The average molecular weight is 392 g/mol. The molecule has 0 unspecified atom stereocenters. The van der Waals surface area contributed by atoms with Gasteiger partial charge >= 0.3 is 5.97 Å². The van der Waals surface area contributed by atoms with Crippen molar-refractivity contribution < 1.29 is 19.1 Å². The van der Waals surface area contributed by atoms with Crippen molar-refractivity contribution in [1.29, 1.82) is 0 Å². The van der Waals surface area contributed by atoms with Crippen LogP contribution in [0.5, 0.6) is 5.75 Å². The minimum Gasteiger partial charge on any atom is -0.481 e. The summed E-state index contributed by atoms with van der Waals surface area (Å²) in [5, 5.41) is 2.61. The second kappa shape index (κ2) is 9.00. The molecule has 1 aromatic carbocycles. The maximum absolute atomic E-state index is 11.9. The Morgan fingerprint density at radius 1 is 1.38 bits per heavy atom. The van der Waals surface area contributed by atoms with Crippen molar-refractivity contribution in [3.8, 4) is 5.75 Å². The van der Waals surface area contributed by atoms with E-state index in [1.165, 1.54) is 18.9 Å². The maximum atomic E-state index is 11.9. The molecule has 1 aromatic rings. The molecular weight excluding hydrogens is 370 g/mol. The Balaban J connectivity index is 2.31. The highest BCUT2D eigenvalue weighted by atomic mass is 32.2. The first-order chi connectivity index (χ1) is 12.3. The molecule has 5 nitrogen and oxygen atoms in total. The van der Waals surface area contributed by atoms with E-state index in [4.69, 9.17) is 17.0 Å². The van der Waals surface area contributed by atoms with Crippen LogP contribution in [0.2, 0.25) is 0 Å². The molecule has 0 saturated carbocycles. The summed E-state index contributed by atoms with van der Waals surface area (Å²) in [5.74, 6) is 0.302. The second-order valence-corrected chi connectivity index (χ2v) is 7.69. The van der Waals surface area contributed by atoms with E-state index in [-0.39, 0.29) is 12.5 Å². The molecule has 0 aliphatic carbocycles. The van der Waals surface area contributed by atoms with Gasteiger partial charge in [0.1, 0.15) is 10.1 Å². The lowest BCUT2D eigenvalue weighted by molar-refractivity contribution is -0.142. The molecule has 26 heavy (non-hydrogen) atoms. The molecule has 0 spiro atoms. The number of thioether (sulfide) groups is 1. The summed E-state index contributed by atoms with van der Waals surface area (Å²) >= 11 is 6.27. The zero-order valence-corrected chi connectivity index (χ0v) is 16.8. The summed E-state index contributed by atoms with van der Waals surface area (Å²) in [6, 6.07) is 5.82. The molecule has 1 heterocycles. The van der Waals surface area contributed by atoms with E-state index in [2.05, 4.69) is 23.9 Å². The van der Waals surface area contributed by atoms with Crippen LogP contribution in [-0.2, 0) is 14.3 Å². The van der Waals surface area contributed by atoms with Gasteiger partial charge in [-0.05, 0) is 36.1 Å². The van der Waals surface area contributed by atoms with Crippen molar-refractivity contribution in [2.24, 2.45) is 0 Å². The number of hydrogen-bond acceptors (Lipinski definition) is 6. The third-order valence-electron chi connectivity index (χ3n) is 3.76. The summed E-state index contributed by atoms with van der Waals surface area (Å²) in [7, 11) is 1.32. The van der Waals surface area contributed by atoms with Gasteiger partial charge in [0, 0.05) is 5.56 Å². The molecular formula is C19H21NO4S2. The van der Waals surface area contributed by atoms with Crippen LogP contribution in [0, 0.1) is 0 Å². The lowest BCUT2D eigenvalue weighted by Crippen LogP contribution is -2.18. The number of carbonyl (C=O) groups is 2. The molecule has 1 aliphatic heterocycles. The van der Waals surface area contributed by atoms with Gasteiger partial charge in [-0.1, -0.05) is 56.0 Å². The van der Waals surface area contributed by atoms with Crippen molar-refractivity contribution in [3.05, 3.63) is 45.9 Å². The minimum absolute atomic E-state index is 0.162. The first kappa shape index (κ1) is 20.2. The number of ether oxygens (including phenoxy) is 2. The molecule has 1 amide bonds. The van der Waals surface area contributed by atoms with Gasteiger partial charge in [-0.2, -0.15) is 0 Å². The first-order valence-corrected chi connectivity index (χ1v) is 9.30. The topological polar surface area (TPSA) is 64.6 Å². The number of hydrogen-bond donors (Lipinski definition) is 1. The summed E-state index contributed by atoms with van der Waals surface area (Å²) < 4.78 is 10.6. The molecule has 2 rings (SSSR count). The van der Waals surface area contributed by atoms with Crippen molar-refractivity contribution >= 4 is 46.3 Å². The molecule has 1 fully saturated rings. The molecule has 1 N–H and O–H groups in total. The van der Waals surface area contributed by atoms with E-state index in [9.17, 15) is 9.59 Å². The van der Waals surface area contributed by atoms with Gasteiger partial charge < -0.3 is 14.8 Å². The monoisotopic (exact) mass is 391 g/mol. The number of methoxy groups -OCH3 is 1. The maximum Gasteiger partial charge on any atom is 0.343 e. The van der Waals surface area contributed by atoms with Crippen LogP contribution in [-0.4, -0.2) is 29.9 Å². The number of esters is 1. The fraction of sp³-hybridized carbons (Fsp3) is 0.316. The van der Waals surface area contributed by atoms with Crippen molar-refractivity contribution in [2.75, 3.05) is 13.7 Å². The summed E-state index contributed by atoms with van der Waals surface area (Å²) in [5.41, 5.74) is 2.78. The number of rotatable bonds is 6. The first-order valence-electron chi connectivity index (χ1n) is 8.07. The Morgan fingerprint density at radius 3 is 2.69 bits per heavy atom. The lowest BCUT2D eigenvalue weighted by Gasteiger charge is -2.12. The molecule has 1 aliphatic rings. The van der Waals surface area contributed by atoms with Gasteiger partial charge in [-0.25, -0.2) is 4.79 Å². The number of amides is 1. The molecule has 7 heteroatoms. The van der Waals surface area contributed by atoms with Gasteiger partial charge in [0.05, 0.1) is 12.0 Å². The SMILES string of the molecule is COC(=O)COc1ccc(C(C)C)cc1/C=C/C(C)=C1/SC(=S)NC1=O. The summed E-state index contributed by atoms with van der Waals surface area (Å²) in [6.45, 7) is 5.90. The van der Waals surface area contributed by atoms with Gasteiger partial charge in [0.25, 0.3) is 5.91 Å². The van der Waals surface area contributed by atoms with Crippen LogP contribution in [0.25, 0.3) is 6.08 Å². The molecule has 0 atom stereocenters. The normalized spacial score (nSPS) is 16.2. The Hall–Kier alpha value is -2.12. The number of allylic oxidation sites excluding steroid dienone is 2. The van der Waals surface area contributed by atoms with Crippen LogP contribution in [0.15, 0.2) is 34.8 Å². The van der Waals surface area contributed by atoms with Crippen molar-refractivity contribution in [3.63, 3.8) is 0 Å². The molecule has 138 valence electrons. The minimum atomic E-state index is -0.446. The van der Waals surface area contributed by atoms with Crippen molar-refractivity contribution in [1.82, 2.24) is 5.32 Å². The lowest BCUT2D eigenvalue weighted by atomic mass is 9.99. The second-order valence-electron chi connectivity index (χ2n) is 6.01. The molecule has 1 saturated heterocycles. The Kier molecular flexibility index (Phi) is 6.99. The highest BCUT2D eigenvalue weighted by Crippen LogP contribution is 2.29. The van der Waals surface area contributed by atoms with E-state index in [1.54, 1.807) is 0 Å². The Morgan fingerprint density at radius 2 is 2.12 bits per heavy atom. The smallest absolute Gasteiger partial charge is 0.343 e. The van der Waals surface area contributed by atoms with Crippen LogP contribution in [0.1, 0.15) is 37.8 Å². The largest absolute Gasteiger partial charge is 0.481 e. The fourth-order valence-electron chi connectivity index (χ4n) is 2.25. The van der Waals surface area contributed by atoms with E-state index in [0.29, 0.717) is 20.9 Å². The van der Waals surface area contributed by atoms with E-state index < -0.39 is 5.97 Å². The summed E-state index contributed by atoms with van der Waals surface area (Å²) in [4.78, 5) is 23.8. The van der Waals surface area contributed by atoms with Crippen molar-refractivity contribution in [2.45, 2.75) is 26.7 Å². The van der Waals surface area contributed by atoms with E-state index in [1.807, 2.05) is 37.3 Å². The van der Waals surface area contributed by atoms with Gasteiger partial charge in [-0.3, -0.25) is 4.79 Å². The highest BCUT2D eigenvalue weighted by Gasteiger charge is 2.23. The number of nitrogens with one attached hydrogen (secondary N) is 1. The zero-order chi connectivity index (χ0) is 19.3. The van der Waals surface area contributed by atoms with Crippen LogP contribution < -0.4 is 10.1 Å². The van der Waals surface area contributed by atoms with E-state index >= 15 is 0 Å². The Bertz CT molecular complexity index is 797. The van der Waals surface area contributed by atoms with Gasteiger partial charge in [0.15, 0.2) is 6.61 Å². The molecule has 0 radical (unpaired) electrons. The standard InChI is InChI=1S/C19H21NO4S2/c1-11(2)13-7-8-15(24-10-16(21)23-4)14(9-13)6-5-12(3)17-18(22)20-19(25)26-17/h5-9,11H,10H2,1-4H3,(H,20,22,25)/b6-5+,17-12+. The van der Waals surface area contributed by atoms with Gasteiger partial charge in [0.2, 0.25) is 0 Å². The van der Waals surface area contributed by atoms with Gasteiger partial charge in [-0.15, -0.1) is 0 Å². The van der Waals surface area contributed by atoms with Crippen LogP contribution >= 0.6 is 24.0 Å². The number of benzene rings is 1. The summed E-state index contributed by atoms with van der Waals surface area (Å²) in [6.07, 6.45) is 3.72. The zero-order valence-electron chi connectivity index (χ0n) is 15.1. The molecule has 0 aromatic heterocycles. The highest BCUT2D eigenvalue weighted by molar-refractivity contribution is 8.26. The number of carbonyl (C=O) groups excluding carboxylic acids is 2. The predicted octanol–water partition coefficient (Wildman–Crippen LogP) is 3.80. The van der Waals surface area contributed by atoms with Crippen LogP contribution in [0.3, 0.4) is 0 Å².